The third kappa shape index (κ3) is 37.9. The predicted octanol–water partition coefficient (Wildman–Crippen LogP) is 0.567. The lowest BCUT2D eigenvalue weighted by Gasteiger charge is -1.82. The van der Waals surface area contributed by atoms with Gasteiger partial charge in [0, 0.05) is 0 Å². The van der Waals surface area contributed by atoms with Crippen molar-refractivity contribution in [3.63, 3.8) is 0 Å². The van der Waals surface area contributed by atoms with Crippen molar-refractivity contribution in [2.45, 2.75) is 0 Å². The molecule has 0 atom stereocenters. The molecule has 0 fully saturated rings. The average Bonchev–Trinajstić information content (AvgIpc) is 1.63. The normalized spacial score (nSPS) is 9.60. The number of thiocarbonyl (C=S) groups is 1. The van der Waals surface area contributed by atoms with Crippen LogP contribution in [0.1, 0.15) is 0 Å². The topological polar surface area (TPSA) is 63.6 Å². The first-order valence-corrected chi connectivity index (χ1v) is 4.41. The summed E-state index contributed by atoms with van der Waals surface area (Å²) in [4.78, 5) is 0. The molecule has 1 N–H and O–H groups in total. The van der Waals surface area contributed by atoms with Crippen molar-refractivity contribution in [3.05, 3.63) is 0 Å². The van der Waals surface area contributed by atoms with E-state index in [9.17, 15) is 8.42 Å². The van der Waals surface area contributed by atoms with Gasteiger partial charge in [-0.2, -0.15) is 8.42 Å². The van der Waals surface area contributed by atoms with E-state index in [0.29, 0.717) is 3.53 Å². The summed E-state index contributed by atoms with van der Waals surface area (Å²) in [6.45, 7) is 0. The second kappa shape index (κ2) is 6.38. The monoisotopic (exact) mass is 222 g/mol. The lowest BCUT2D eigenvalue weighted by molar-refractivity contribution is 0.324. The van der Waals surface area contributed by atoms with Gasteiger partial charge in [0.1, 0.15) is 0 Å². The Bertz CT molecular complexity index is 177. The van der Waals surface area contributed by atoms with Crippen LogP contribution in [0.5, 0.6) is 0 Å². The highest BCUT2D eigenvalue weighted by Gasteiger charge is 1.93. The second-order valence-electron chi connectivity index (χ2n) is 0.877. The molecule has 0 amide bonds. The molecule has 0 bridgehead atoms. The number of rotatable bonds is 1. The van der Waals surface area contributed by atoms with E-state index in [1.54, 1.807) is 0 Å². The molecule has 0 unspecified atom stereocenters. The molecule has 0 aliphatic carbocycles. The Balaban J connectivity index is 0. The summed E-state index contributed by atoms with van der Waals surface area (Å²) in [7, 11) is -3.29. The zero-order chi connectivity index (χ0) is 8.78. The largest absolute Gasteiger partial charge is 0.397 e. The molecule has 0 aromatic rings. The minimum Gasteiger partial charge on any atom is -0.264 e. The van der Waals surface area contributed by atoms with Gasteiger partial charge in [-0.05, 0) is 0 Å². The predicted molar refractivity (Wildman–Crippen MR) is 49.1 cm³/mol. The highest BCUT2D eigenvalue weighted by atomic mass is 32.3. The van der Waals surface area contributed by atoms with Crippen LogP contribution in [0.3, 0.4) is 0 Å². The van der Waals surface area contributed by atoms with Crippen LogP contribution in [0.15, 0.2) is 0 Å². The molecule has 0 saturated carbocycles. The van der Waals surface area contributed by atoms with Gasteiger partial charge >= 0.3 is 10.4 Å². The molecule has 0 spiro atoms. The summed E-state index contributed by atoms with van der Waals surface area (Å²) in [5, 5.41) is 0. The summed E-state index contributed by atoms with van der Waals surface area (Å²) in [5.41, 5.74) is 0. The molecule has 0 rings (SSSR count). The first kappa shape index (κ1) is 13.3. The fourth-order valence-corrected chi connectivity index (χ4v) is 0. The van der Waals surface area contributed by atoms with Gasteiger partial charge in [0.15, 0.2) is 0 Å². The van der Waals surface area contributed by atoms with Crippen LogP contribution in [0, 0.1) is 0 Å². The Labute approximate surface area is 75.7 Å². The summed E-state index contributed by atoms with van der Waals surface area (Å²) >= 11 is 11.4. The van der Waals surface area contributed by atoms with E-state index in [1.165, 1.54) is 0 Å². The zero-order valence-electron chi connectivity index (χ0n) is 4.88. The van der Waals surface area contributed by atoms with Crippen molar-refractivity contribution in [2.24, 2.45) is 0 Å². The zero-order valence-corrected chi connectivity index (χ0v) is 8.30. The van der Waals surface area contributed by atoms with E-state index in [1.807, 2.05) is 0 Å². The van der Waals surface area contributed by atoms with Gasteiger partial charge in [-0.15, -0.1) is 25.3 Å². The van der Waals surface area contributed by atoms with Gasteiger partial charge in [-0.25, -0.2) is 0 Å². The third-order valence-electron chi connectivity index (χ3n) is 0.211. The van der Waals surface area contributed by atoms with Gasteiger partial charge < -0.3 is 0 Å². The Morgan fingerprint density at radius 3 is 1.70 bits per heavy atom. The van der Waals surface area contributed by atoms with Crippen molar-refractivity contribution in [2.75, 3.05) is 7.11 Å². The van der Waals surface area contributed by atoms with E-state index in [4.69, 9.17) is 4.55 Å². The van der Waals surface area contributed by atoms with E-state index < -0.39 is 10.4 Å². The molecule has 0 saturated heterocycles. The van der Waals surface area contributed by atoms with Crippen molar-refractivity contribution < 1.29 is 17.2 Å². The van der Waals surface area contributed by atoms with Gasteiger partial charge in [0.05, 0.1) is 10.6 Å². The van der Waals surface area contributed by atoms with Crippen LogP contribution in [0.4, 0.5) is 0 Å². The quantitative estimate of drug-likeness (QED) is 0.344. The maximum Gasteiger partial charge on any atom is 0.397 e. The average molecular weight is 222 g/mol. The van der Waals surface area contributed by atoms with Crippen molar-refractivity contribution in [1.82, 2.24) is 0 Å². The maximum absolute atomic E-state index is 9.33. The lowest BCUT2D eigenvalue weighted by atomic mass is 11.8. The van der Waals surface area contributed by atoms with Crippen LogP contribution < -0.4 is 0 Å². The first-order chi connectivity index (χ1) is 4.29. The van der Waals surface area contributed by atoms with Crippen molar-refractivity contribution in [1.29, 1.82) is 0 Å². The molecule has 0 aliphatic heterocycles. The smallest absolute Gasteiger partial charge is 0.264 e. The van der Waals surface area contributed by atoms with Crippen molar-refractivity contribution in [3.8, 4) is 0 Å². The Kier molecular flexibility index (Phi) is 8.46. The summed E-state index contributed by atoms with van der Waals surface area (Å²) in [6.07, 6.45) is 0. The van der Waals surface area contributed by atoms with E-state index in [-0.39, 0.29) is 0 Å². The SMILES string of the molecule is COS(=O)(=O)O.S=C(S)S. The Morgan fingerprint density at radius 2 is 1.70 bits per heavy atom. The number of thiol groups is 2. The molecule has 10 heavy (non-hydrogen) atoms. The first-order valence-electron chi connectivity index (χ1n) is 1.74. The molecule has 0 radical (unpaired) electrons. The third-order valence-corrected chi connectivity index (χ3v) is 0.632. The maximum atomic E-state index is 9.33. The van der Waals surface area contributed by atoms with Crippen LogP contribution in [-0.4, -0.2) is 23.6 Å². The van der Waals surface area contributed by atoms with Crippen molar-refractivity contribution >= 4 is 51.4 Å². The highest BCUT2D eigenvalue weighted by Crippen LogP contribution is 1.83. The molecular weight excluding hydrogens is 216 g/mol. The van der Waals surface area contributed by atoms with Crippen LogP contribution in [0.2, 0.25) is 0 Å². The number of hydrogen-bond donors (Lipinski definition) is 3. The Morgan fingerprint density at radius 1 is 1.60 bits per heavy atom. The van der Waals surface area contributed by atoms with E-state index in [2.05, 4.69) is 41.7 Å². The van der Waals surface area contributed by atoms with Gasteiger partial charge in [-0.1, -0.05) is 12.2 Å². The highest BCUT2D eigenvalue weighted by molar-refractivity contribution is 8.34. The summed E-state index contributed by atoms with van der Waals surface area (Å²) in [5.74, 6) is 0. The second-order valence-corrected chi connectivity index (χ2v) is 4.33. The molecular formula is C2H6O4S4. The molecule has 0 aliphatic rings. The summed E-state index contributed by atoms with van der Waals surface area (Å²) < 4.78 is 30.1. The van der Waals surface area contributed by atoms with Gasteiger partial charge in [0.2, 0.25) is 0 Å². The standard InChI is InChI=1S/CH4O4S.CH2S3/c1-5-6(2,3)4;2-1(3)4/h1H3,(H,2,3,4);(H2,2,3,4). The van der Waals surface area contributed by atoms with E-state index in [0.717, 1.165) is 7.11 Å². The van der Waals surface area contributed by atoms with Crippen LogP contribution in [0.25, 0.3) is 0 Å². The molecule has 4 nitrogen and oxygen atoms in total. The minimum absolute atomic E-state index is 0.389. The molecule has 0 aromatic heterocycles. The van der Waals surface area contributed by atoms with Crippen LogP contribution >= 0.6 is 37.5 Å². The summed E-state index contributed by atoms with van der Waals surface area (Å²) in [6, 6.07) is 0. The molecule has 62 valence electrons. The van der Waals surface area contributed by atoms with Gasteiger partial charge in [-0.3, -0.25) is 8.74 Å². The lowest BCUT2D eigenvalue weighted by Crippen LogP contribution is -1.96. The van der Waals surface area contributed by atoms with E-state index >= 15 is 0 Å². The fraction of sp³-hybridized carbons (Fsp3) is 0.500. The van der Waals surface area contributed by atoms with Crippen LogP contribution in [-0.2, 0) is 14.6 Å². The molecule has 0 aromatic carbocycles. The van der Waals surface area contributed by atoms with Gasteiger partial charge in [0.25, 0.3) is 0 Å². The fourth-order valence-electron chi connectivity index (χ4n) is 0. The molecule has 0 heterocycles. The Hall–Kier alpha value is 0.660. The minimum atomic E-state index is -4.16. The molecule has 8 heteroatoms. The number of hydrogen-bond acceptors (Lipinski definition) is 4.